The van der Waals surface area contributed by atoms with E-state index >= 15 is 0 Å². The Kier molecular flexibility index (Phi) is 13.6. The van der Waals surface area contributed by atoms with E-state index in [1.54, 1.807) is 45.0 Å². The Labute approximate surface area is 252 Å². The van der Waals surface area contributed by atoms with Crippen LogP contribution < -0.4 is 32.3 Å². The van der Waals surface area contributed by atoms with Gasteiger partial charge in [-0.2, -0.15) is 0 Å². The smallest absolute Gasteiger partial charge is 0.407 e. The van der Waals surface area contributed by atoms with Crippen LogP contribution in [0.25, 0.3) is 0 Å². The molecule has 0 aromatic heterocycles. The molecular formula is C31H44N6O6. The molecular weight excluding hydrogens is 552 g/mol. The predicted molar refractivity (Wildman–Crippen MR) is 163 cm³/mol. The van der Waals surface area contributed by atoms with Gasteiger partial charge in [0.05, 0.1) is 6.04 Å². The summed E-state index contributed by atoms with van der Waals surface area (Å²) in [5.74, 6) is -1.64. The van der Waals surface area contributed by atoms with Crippen LogP contribution in [0.15, 0.2) is 54.6 Å². The van der Waals surface area contributed by atoms with Gasteiger partial charge in [-0.1, -0.05) is 42.5 Å². The summed E-state index contributed by atoms with van der Waals surface area (Å²) < 4.78 is 5.17. The molecule has 0 spiro atoms. The molecule has 0 bridgehead atoms. The monoisotopic (exact) mass is 596 g/mol. The number of benzene rings is 2. The van der Waals surface area contributed by atoms with Crippen molar-refractivity contribution in [1.82, 2.24) is 26.6 Å². The number of carbonyl (C=O) groups excluding carboxylic acids is 5. The number of ether oxygens (including phenoxy) is 1. The highest BCUT2D eigenvalue weighted by Gasteiger charge is 2.25. The van der Waals surface area contributed by atoms with E-state index in [4.69, 9.17) is 10.5 Å². The number of amides is 5. The maximum absolute atomic E-state index is 13.1. The second-order valence-electron chi connectivity index (χ2n) is 11.2. The number of hydrogen-bond donors (Lipinski definition) is 6. The van der Waals surface area contributed by atoms with Crippen LogP contribution in [0.4, 0.5) is 4.79 Å². The Morgan fingerprint density at radius 3 is 2.00 bits per heavy atom. The molecule has 0 aliphatic carbocycles. The van der Waals surface area contributed by atoms with E-state index in [1.165, 1.54) is 13.8 Å². The van der Waals surface area contributed by atoms with Crippen LogP contribution in [0.2, 0.25) is 0 Å². The summed E-state index contributed by atoms with van der Waals surface area (Å²) in [4.78, 5) is 61.9. The highest BCUT2D eigenvalue weighted by atomic mass is 16.6. The lowest BCUT2D eigenvalue weighted by Gasteiger charge is -2.22. The summed E-state index contributed by atoms with van der Waals surface area (Å²) in [5.41, 5.74) is 7.06. The van der Waals surface area contributed by atoms with E-state index in [1.807, 2.05) is 30.3 Å². The van der Waals surface area contributed by atoms with Gasteiger partial charge in [0.15, 0.2) is 0 Å². The third-order valence-electron chi connectivity index (χ3n) is 6.07. The molecule has 3 atom stereocenters. The number of nitrogens with two attached hydrogens (primary N) is 1. The lowest BCUT2D eigenvalue weighted by molar-refractivity contribution is -0.132. The third kappa shape index (κ3) is 13.4. The summed E-state index contributed by atoms with van der Waals surface area (Å²) in [6.45, 7) is 9.29. The molecule has 0 fully saturated rings. The first-order valence-electron chi connectivity index (χ1n) is 14.3. The standard InChI is InChI=1S/C31H44N6O6/c1-20(32)26(38)36-21(2)27(39)37-25(18-22-10-7-6-8-11-22)29(41)35-19-23-12-14-24(15-13-23)28(40)33-16-9-17-34-30(42)43-31(3,4)5/h6-8,10-15,20-21,25H,9,16-19,32H2,1-5H3,(H,33,40)(H,34,42)(H,35,41)(H,36,38)(H,37,39). The van der Waals surface area contributed by atoms with Crippen LogP contribution in [0.5, 0.6) is 0 Å². The molecule has 0 radical (unpaired) electrons. The van der Waals surface area contributed by atoms with Crippen molar-refractivity contribution in [2.75, 3.05) is 13.1 Å². The average molecular weight is 597 g/mol. The minimum Gasteiger partial charge on any atom is -0.444 e. The maximum atomic E-state index is 13.1. The summed E-state index contributed by atoms with van der Waals surface area (Å²) in [6.07, 6.45) is 0.279. The van der Waals surface area contributed by atoms with E-state index in [2.05, 4.69) is 26.6 Å². The molecule has 2 aromatic carbocycles. The number of hydrogen-bond acceptors (Lipinski definition) is 7. The van der Waals surface area contributed by atoms with Gasteiger partial charge in [-0.15, -0.1) is 0 Å². The number of rotatable bonds is 14. The normalized spacial score (nSPS) is 13.1. The van der Waals surface area contributed by atoms with Crippen LogP contribution in [-0.4, -0.2) is 66.5 Å². The van der Waals surface area contributed by atoms with E-state index in [0.29, 0.717) is 25.1 Å². The van der Waals surface area contributed by atoms with E-state index in [0.717, 1.165) is 11.1 Å². The molecule has 234 valence electrons. The van der Waals surface area contributed by atoms with E-state index in [9.17, 15) is 24.0 Å². The molecule has 5 amide bonds. The molecule has 43 heavy (non-hydrogen) atoms. The molecule has 0 heterocycles. The molecule has 7 N–H and O–H groups in total. The topological polar surface area (TPSA) is 181 Å². The number of carbonyl (C=O) groups is 5. The van der Waals surface area contributed by atoms with Gasteiger partial charge in [0.2, 0.25) is 17.7 Å². The van der Waals surface area contributed by atoms with Gasteiger partial charge in [0, 0.05) is 31.6 Å². The van der Waals surface area contributed by atoms with Crippen molar-refractivity contribution in [3.05, 3.63) is 71.3 Å². The van der Waals surface area contributed by atoms with Crippen LogP contribution in [0, 0.1) is 0 Å². The Morgan fingerprint density at radius 1 is 0.767 bits per heavy atom. The highest BCUT2D eigenvalue weighted by molar-refractivity contribution is 5.94. The van der Waals surface area contributed by atoms with E-state index in [-0.39, 0.29) is 18.9 Å². The molecule has 2 aromatic rings. The SMILES string of the molecule is CC(N)C(=O)NC(C)C(=O)NC(Cc1ccccc1)C(=O)NCc1ccc(C(=O)NCCCNC(=O)OC(C)(C)C)cc1. The molecule has 0 saturated carbocycles. The van der Waals surface area contributed by atoms with Crippen molar-refractivity contribution < 1.29 is 28.7 Å². The average Bonchev–Trinajstić information content (AvgIpc) is 2.94. The summed E-state index contributed by atoms with van der Waals surface area (Å²) in [6, 6.07) is 13.5. The summed E-state index contributed by atoms with van der Waals surface area (Å²) in [7, 11) is 0. The summed E-state index contributed by atoms with van der Waals surface area (Å²) >= 11 is 0. The van der Waals surface area contributed by atoms with Crippen molar-refractivity contribution >= 4 is 29.7 Å². The van der Waals surface area contributed by atoms with Crippen molar-refractivity contribution in [2.24, 2.45) is 5.73 Å². The fourth-order valence-corrected chi connectivity index (χ4v) is 3.75. The second kappa shape index (κ2) is 16.9. The minimum atomic E-state index is -0.889. The Bertz CT molecular complexity index is 1230. The lowest BCUT2D eigenvalue weighted by Crippen LogP contribution is -2.55. The Morgan fingerprint density at radius 2 is 1.40 bits per heavy atom. The minimum absolute atomic E-state index is 0.176. The van der Waals surface area contributed by atoms with Gasteiger partial charge in [0.1, 0.15) is 17.7 Å². The first-order valence-corrected chi connectivity index (χ1v) is 14.3. The third-order valence-corrected chi connectivity index (χ3v) is 6.07. The lowest BCUT2D eigenvalue weighted by atomic mass is 10.0. The quantitative estimate of drug-likeness (QED) is 0.179. The maximum Gasteiger partial charge on any atom is 0.407 e. The van der Waals surface area contributed by atoms with Crippen LogP contribution in [0.3, 0.4) is 0 Å². The van der Waals surface area contributed by atoms with Gasteiger partial charge in [-0.25, -0.2) is 4.79 Å². The number of alkyl carbamates (subject to hydrolysis) is 1. The molecule has 2 rings (SSSR count). The van der Waals surface area contributed by atoms with Crippen molar-refractivity contribution in [1.29, 1.82) is 0 Å². The van der Waals surface area contributed by atoms with Crippen LogP contribution in [0.1, 0.15) is 62.5 Å². The largest absolute Gasteiger partial charge is 0.444 e. The summed E-state index contributed by atoms with van der Waals surface area (Å²) in [5, 5.41) is 13.5. The number of nitrogens with one attached hydrogen (secondary N) is 5. The van der Waals surface area contributed by atoms with Gasteiger partial charge in [0.25, 0.3) is 5.91 Å². The fourth-order valence-electron chi connectivity index (χ4n) is 3.75. The predicted octanol–water partition coefficient (Wildman–Crippen LogP) is 1.53. The van der Waals surface area contributed by atoms with Crippen molar-refractivity contribution in [2.45, 2.75) is 77.7 Å². The van der Waals surface area contributed by atoms with Crippen LogP contribution >= 0.6 is 0 Å². The van der Waals surface area contributed by atoms with Crippen molar-refractivity contribution in [3.63, 3.8) is 0 Å². The molecule has 0 aliphatic rings. The zero-order valence-electron chi connectivity index (χ0n) is 25.5. The van der Waals surface area contributed by atoms with Gasteiger partial charge in [-0.3, -0.25) is 19.2 Å². The zero-order valence-corrected chi connectivity index (χ0v) is 25.5. The Balaban J connectivity index is 1.88. The van der Waals surface area contributed by atoms with Gasteiger partial charge >= 0.3 is 6.09 Å². The molecule has 0 aliphatic heterocycles. The molecule has 0 saturated heterocycles. The highest BCUT2D eigenvalue weighted by Crippen LogP contribution is 2.08. The molecule has 12 nitrogen and oxygen atoms in total. The molecule has 12 heteroatoms. The van der Waals surface area contributed by atoms with Crippen LogP contribution in [-0.2, 0) is 32.1 Å². The first-order chi connectivity index (χ1) is 20.2. The fraction of sp³-hybridized carbons (Fsp3) is 0.452. The second-order valence-corrected chi connectivity index (χ2v) is 11.2. The molecule has 3 unspecified atom stereocenters. The van der Waals surface area contributed by atoms with Gasteiger partial charge in [-0.05, 0) is 64.3 Å². The first kappa shape index (κ1) is 34.7. The Hall–Kier alpha value is -4.45. The van der Waals surface area contributed by atoms with Gasteiger partial charge < -0.3 is 37.1 Å². The van der Waals surface area contributed by atoms with E-state index < -0.39 is 47.5 Å². The zero-order chi connectivity index (χ0) is 32.0. The van der Waals surface area contributed by atoms with Crippen molar-refractivity contribution in [3.8, 4) is 0 Å².